The van der Waals surface area contributed by atoms with E-state index in [1.54, 1.807) is 34.3 Å². The molecular weight excluding hydrogens is 469 g/mol. The number of nitrogens with zero attached hydrogens (tertiary/aromatic N) is 3. The van der Waals surface area contributed by atoms with Crippen LogP contribution in [0.15, 0.2) is 46.5 Å². The molecule has 34 heavy (non-hydrogen) atoms. The van der Waals surface area contributed by atoms with Gasteiger partial charge in [0.05, 0.1) is 15.9 Å². The zero-order valence-electron chi connectivity index (χ0n) is 19.8. The number of hydrogen-bond donors (Lipinski definition) is 0. The van der Waals surface area contributed by atoms with Crippen LogP contribution >= 0.6 is 11.8 Å². The third-order valence-electron chi connectivity index (χ3n) is 7.24. The molecule has 1 aliphatic carbocycles. The zero-order chi connectivity index (χ0) is 23.9. The standard InChI is InChI=1S/C26H32FN3O2S2/c1-18-6-5-13-29(16-18)34(31,32)23-11-12-25-24(15-23)28-26(30(25)22-7-3-4-8-22)33-17-20-14-21(27)10-9-19(20)2/h9-12,14-15,18,22H,3-8,13,16-17H2,1-2H3/t18-/m0/s1. The van der Waals surface area contributed by atoms with Gasteiger partial charge < -0.3 is 4.57 Å². The number of rotatable bonds is 6. The van der Waals surface area contributed by atoms with Crippen molar-refractivity contribution in [1.29, 1.82) is 0 Å². The fraction of sp³-hybridized carbons (Fsp3) is 0.500. The average molecular weight is 502 g/mol. The number of sulfonamides is 1. The van der Waals surface area contributed by atoms with Crippen molar-refractivity contribution in [3.63, 3.8) is 0 Å². The number of piperidine rings is 1. The summed E-state index contributed by atoms with van der Waals surface area (Å²) in [5.74, 6) is 0.770. The molecule has 8 heteroatoms. The molecule has 5 nitrogen and oxygen atoms in total. The Kier molecular flexibility index (Phi) is 6.75. The Morgan fingerprint density at radius 1 is 1.09 bits per heavy atom. The molecule has 1 aliphatic heterocycles. The summed E-state index contributed by atoms with van der Waals surface area (Å²) < 4.78 is 44.4. The SMILES string of the molecule is Cc1ccc(F)cc1CSc1nc2cc(S(=O)(=O)N3CCC[C@H](C)C3)ccc2n1C1CCCC1. The van der Waals surface area contributed by atoms with E-state index >= 15 is 0 Å². The van der Waals surface area contributed by atoms with E-state index in [1.165, 1.54) is 18.9 Å². The van der Waals surface area contributed by atoms with Gasteiger partial charge in [0.2, 0.25) is 10.0 Å². The van der Waals surface area contributed by atoms with Gasteiger partial charge in [0.15, 0.2) is 5.16 Å². The van der Waals surface area contributed by atoms with Crippen molar-refractivity contribution >= 4 is 32.8 Å². The average Bonchev–Trinajstić information content (AvgIpc) is 3.46. The third-order valence-corrected chi connectivity index (χ3v) is 10.1. The number of thioether (sulfide) groups is 1. The quantitative estimate of drug-likeness (QED) is 0.371. The molecule has 0 unspecified atom stereocenters. The third kappa shape index (κ3) is 4.64. The normalized spacial score (nSPS) is 20.4. The number of fused-ring (bicyclic) bond motifs is 1. The Morgan fingerprint density at radius 3 is 2.65 bits per heavy atom. The van der Waals surface area contributed by atoms with Gasteiger partial charge in [-0.3, -0.25) is 0 Å². The van der Waals surface area contributed by atoms with Gasteiger partial charge >= 0.3 is 0 Å². The first-order chi connectivity index (χ1) is 16.3. The maximum Gasteiger partial charge on any atom is 0.243 e. The first-order valence-electron chi connectivity index (χ1n) is 12.2. The van der Waals surface area contributed by atoms with Crippen molar-refractivity contribution in [1.82, 2.24) is 13.9 Å². The molecule has 1 saturated carbocycles. The number of halogens is 1. The van der Waals surface area contributed by atoms with Gasteiger partial charge in [-0.25, -0.2) is 17.8 Å². The molecule has 1 aromatic heterocycles. The second-order valence-corrected chi connectivity index (χ2v) is 12.7. The van der Waals surface area contributed by atoms with Gasteiger partial charge in [-0.15, -0.1) is 0 Å². The highest BCUT2D eigenvalue weighted by Crippen LogP contribution is 2.38. The molecule has 1 saturated heterocycles. The summed E-state index contributed by atoms with van der Waals surface area (Å²) in [7, 11) is -3.54. The van der Waals surface area contributed by atoms with Gasteiger partial charge in [0.1, 0.15) is 5.82 Å². The van der Waals surface area contributed by atoms with Crippen LogP contribution in [0.25, 0.3) is 11.0 Å². The summed E-state index contributed by atoms with van der Waals surface area (Å²) >= 11 is 1.60. The van der Waals surface area contributed by atoms with Crippen LogP contribution in [-0.2, 0) is 15.8 Å². The molecule has 182 valence electrons. The zero-order valence-corrected chi connectivity index (χ0v) is 21.5. The second kappa shape index (κ2) is 9.63. The number of aryl methyl sites for hydroxylation is 1. The minimum absolute atomic E-state index is 0.229. The van der Waals surface area contributed by atoms with Crippen LogP contribution in [0.3, 0.4) is 0 Å². The van der Waals surface area contributed by atoms with Gasteiger partial charge in [0, 0.05) is 24.9 Å². The first kappa shape index (κ1) is 23.8. The number of imidazole rings is 1. The molecule has 0 spiro atoms. The lowest BCUT2D eigenvalue weighted by atomic mass is 10.0. The van der Waals surface area contributed by atoms with Crippen molar-refractivity contribution in [3.8, 4) is 0 Å². The topological polar surface area (TPSA) is 55.2 Å². The lowest BCUT2D eigenvalue weighted by molar-refractivity contribution is 0.281. The molecule has 2 aromatic carbocycles. The van der Waals surface area contributed by atoms with E-state index in [-0.39, 0.29) is 5.82 Å². The second-order valence-electron chi connectivity index (χ2n) is 9.82. The molecule has 1 atom stereocenters. The van der Waals surface area contributed by atoms with E-state index in [0.717, 1.165) is 53.0 Å². The van der Waals surface area contributed by atoms with Crippen LogP contribution in [0.2, 0.25) is 0 Å². The van der Waals surface area contributed by atoms with Crippen molar-refractivity contribution < 1.29 is 12.8 Å². The Bertz CT molecular complexity index is 1300. The van der Waals surface area contributed by atoms with Gasteiger partial charge in [-0.2, -0.15) is 4.31 Å². The van der Waals surface area contributed by atoms with Gasteiger partial charge in [-0.1, -0.05) is 37.6 Å². The molecule has 2 fully saturated rings. The molecule has 0 N–H and O–H groups in total. The molecule has 0 amide bonds. The largest absolute Gasteiger partial charge is 0.316 e. The molecule has 0 radical (unpaired) electrons. The van der Waals surface area contributed by atoms with Crippen molar-refractivity contribution in [2.24, 2.45) is 5.92 Å². The van der Waals surface area contributed by atoms with Crippen LogP contribution in [0.5, 0.6) is 0 Å². The predicted octanol–water partition coefficient (Wildman–Crippen LogP) is 6.31. The van der Waals surface area contributed by atoms with Crippen LogP contribution in [-0.4, -0.2) is 35.4 Å². The van der Waals surface area contributed by atoms with Crippen LogP contribution in [0.1, 0.15) is 62.6 Å². The van der Waals surface area contributed by atoms with Crippen molar-refractivity contribution in [2.45, 2.75) is 74.2 Å². The Hall–Kier alpha value is -1.90. The van der Waals surface area contributed by atoms with Crippen molar-refractivity contribution in [2.75, 3.05) is 13.1 Å². The van der Waals surface area contributed by atoms with E-state index in [9.17, 15) is 12.8 Å². The summed E-state index contributed by atoms with van der Waals surface area (Å²) in [6, 6.07) is 10.7. The first-order valence-corrected chi connectivity index (χ1v) is 14.7. The van der Waals surface area contributed by atoms with Crippen LogP contribution < -0.4 is 0 Å². The Labute approximate surface area is 205 Å². The summed E-state index contributed by atoms with van der Waals surface area (Å²) in [6.45, 7) is 5.26. The van der Waals surface area contributed by atoms with Crippen molar-refractivity contribution in [3.05, 3.63) is 53.3 Å². The predicted molar refractivity (Wildman–Crippen MR) is 135 cm³/mol. The Balaban J connectivity index is 1.50. The number of benzene rings is 2. The maximum atomic E-state index is 13.8. The molecular formula is C26H32FN3O2S2. The molecule has 3 aromatic rings. The number of hydrogen-bond acceptors (Lipinski definition) is 4. The number of aromatic nitrogens is 2. The highest BCUT2D eigenvalue weighted by atomic mass is 32.2. The van der Waals surface area contributed by atoms with Gasteiger partial charge in [0.25, 0.3) is 0 Å². The van der Waals surface area contributed by atoms with Gasteiger partial charge in [-0.05, 0) is 80.0 Å². The maximum absolute atomic E-state index is 13.8. The van der Waals surface area contributed by atoms with Crippen LogP contribution in [0.4, 0.5) is 4.39 Å². The fourth-order valence-corrected chi connectivity index (χ4v) is 8.05. The lowest BCUT2D eigenvalue weighted by Gasteiger charge is -2.30. The van der Waals surface area contributed by atoms with E-state index < -0.39 is 10.0 Å². The summed E-state index contributed by atoms with van der Waals surface area (Å²) in [5.41, 5.74) is 3.71. The van der Waals surface area contributed by atoms with E-state index in [2.05, 4.69) is 11.5 Å². The minimum Gasteiger partial charge on any atom is -0.316 e. The van der Waals surface area contributed by atoms with Crippen LogP contribution in [0, 0.1) is 18.7 Å². The van der Waals surface area contributed by atoms with E-state index in [4.69, 9.17) is 4.98 Å². The highest BCUT2D eigenvalue weighted by molar-refractivity contribution is 7.98. The lowest BCUT2D eigenvalue weighted by Crippen LogP contribution is -2.39. The Morgan fingerprint density at radius 2 is 1.88 bits per heavy atom. The summed E-state index contributed by atoms with van der Waals surface area (Å²) in [5, 5.41) is 0.881. The molecule has 0 bridgehead atoms. The fourth-order valence-electron chi connectivity index (χ4n) is 5.29. The highest BCUT2D eigenvalue weighted by Gasteiger charge is 2.30. The molecule has 5 rings (SSSR count). The summed E-state index contributed by atoms with van der Waals surface area (Å²) in [6.07, 6.45) is 6.56. The summed E-state index contributed by atoms with van der Waals surface area (Å²) in [4.78, 5) is 5.23. The molecule has 2 aliphatic rings. The smallest absolute Gasteiger partial charge is 0.243 e. The minimum atomic E-state index is -3.54. The monoisotopic (exact) mass is 501 g/mol. The molecule has 2 heterocycles. The van der Waals surface area contributed by atoms with E-state index in [1.807, 2.05) is 19.1 Å². The van der Waals surface area contributed by atoms with E-state index in [0.29, 0.717) is 35.7 Å².